The van der Waals surface area contributed by atoms with Gasteiger partial charge < -0.3 is 4.57 Å². The number of benzene rings is 8. The number of fused-ring (bicyclic) bond motifs is 4. The molecule has 3 nitrogen and oxygen atoms in total. The van der Waals surface area contributed by atoms with E-state index >= 15 is 0 Å². The van der Waals surface area contributed by atoms with Crippen LogP contribution in [0.3, 0.4) is 0 Å². The maximum atomic E-state index is 8.56. The summed E-state index contributed by atoms with van der Waals surface area (Å²) >= 11 is -2.20. The van der Waals surface area contributed by atoms with Crippen LogP contribution in [0.4, 0.5) is 0 Å². The first kappa shape index (κ1) is 43.2. The summed E-state index contributed by atoms with van der Waals surface area (Å²) < 4.78 is 20.5. The maximum Gasteiger partial charge on any atom is 0.0774 e. The molecule has 0 fully saturated rings. The van der Waals surface area contributed by atoms with Crippen LogP contribution in [0.5, 0.6) is 0 Å². The zero-order valence-corrected chi connectivity index (χ0v) is 43.0. The van der Waals surface area contributed by atoms with Gasteiger partial charge in [0, 0.05) is 31.2 Å². The van der Waals surface area contributed by atoms with E-state index in [9.17, 15) is 0 Å². The average Bonchev–Trinajstić information content (AvgIpc) is 3.91. The molecule has 331 valence electrons. The third-order valence-electron chi connectivity index (χ3n) is 12.6. The number of aromatic nitrogens is 3. The fraction of sp³-hybridized carbons (Fsp3) is 0.129. The van der Waals surface area contributed by atoms with Crippen LogP contribution in [0, 0.1) is 18.1 Å². The molecule has 11 rings (SSSR count). The van der Waals surface area contributed by atoms with Crippen molar-refractivity contribution in [3.63, 3.8) is 0 Å². The molecule has 0 atom stereocenters. The third kappa shape index (κ3) is 8.83. The first-order valence-corrected chi connectivity index (χ1v) is 30.2. The van der Waals surface area contributed by atoms with E-state index in [-0.39, 0.29) is 26.0 Å². The zero-order valence-electron chi connectivity index (χ0n) is 40.5. The van der Waals surface area contributed by atoms with E-state index in [2.05, 4.69) is 215 Å². The Labute approximate surface area is 415 Å². The first-order valence-electron chi connectivity index (χ1n) is 23.8. The monoisotopic (exact) mass is 1110 g/mol. The molecule has 5 heteroatoms. The van der Waals surface area contributed by atoms with Crippen molar-refractivity contribution in [1.82, 2.24) is 14.5 Å². The summed E-state index contributed by atoms with van der Waals surface area (Å²) in [4.78, 5) is 9.80. The van der Waals surface area contributed by atoms with Gasteiger partial charge >= 0.3 is 128 Å². The second-order valence-corrected chi connectivity index (χ2v) is 28.9. The van der Waals surface area contributed by atoms with Crippen LogP contribution in [-0.4, -0.2) is 27.8 Å². The molecule has 1 aliphatic rings. The number of rotatable bonds is 9. The smallest absolute Gasteiger partial charge is 0.0774 e. The van der Waals surface area contributed by atoms with Gasteiger partial charge in [0.1, 0.15) is 0 Å². The Bertz CT molecular complexity index is 3330. The largest absolute Gasteiger partial charge is 0.333 e. The molecule has 2 heterocycles. The number of pyridine rings is 1. The summed E-state index contributed by atoms with van der Waals surface area (Å²) in [7, 11) is 0. The molecule has 1 radical (unpaired) electrons. The molecule has 0 saturated carbocycles. The minimum atomic E-state index is -2.20. The molecule has 8 aromatic carbocycles. The molecule has 67 heavy (non-hydrogen) atoms. The summed E-state index contributed by atoms with van der Waals surface area (Å²) in [6.07, 6.45) is 0.562. The van der Waals surface area contributed by atoms with Crippen LogP contribution in [0.25, 0.3) is 61.6 Å². The molecule has 2 aromatic heterocycles. The summed E-state index contributed by atoms with van der Waals surface area (Å²) in [5.41, 5.74) is 16.0. The van der Waals surface area contributed by atoms with Gasteiger partial charge in [-0.2, -0.15) is 0 Å². The molecule has 0 N–H and O–H groups in total. The standard InChI is InChI=1S/C44H29N2.C18H24GeN.Ir/c1-4-14-31(15-5-1)32-24-27-36(28-25-32)46-42-23-13-12-22-41(42)45-43(46)33-26-29-40-38(30-33)37-20-10-11-21-39(37)44(40,34-16-6-2-7-17-34)35-18-8-3-9-19-35;1-14(2)11-16-12-18(15-9-7-6-8-10-15)20-13-17(16)19(3,4)5;/h1-25,27-30H;6-9,12-14H,11H2,1-5H3;/q2*-1;/i;11D2;. The zero-order chi connectivity index (χ0) is 47.0. The van der Waals surface area contributed by atoms with Gasteiger partial charge in [-0.3, -0.25) is 4.98 Å². The Morgan fingerprint density at radius 2 is 1.22 bits per heavy atom. The minimum absolute atomic E-state index is 0. The molecule has 0 unspecified atom stereocenters. The maximum absolute atomic E-state index is 8.56. The molecule has 0 aliphatic heterocycles. The van der Waals surface area contributed by atoms with Gasteiger partial charge in [-0.25, -0.2) is 0 Å². The van der Waals surface area contributed by atoms with Crippen LogP contribution < -0.4 is 4.40 Å². The van der Waals surface area contributed by atoms with E-state index in [0.717, 1.165) is 49.3 Å². The third-order valence-corrected chi connectivity index (χ3v) is 16.8. The number of hydrogen-bond acceptors (Lipinski definition) is 2. The van der Waals surface area contributed by atoms with Crippen molar-refractivity contribution in [2.24, 2.45) is 5.92 Å². The number of hydrogen-bond donors (Lipinski definition) is 0. The van der Waals surface area contributed by atoms with Crippen molar-refractivity contribution in [2.75, 3.05) is 0 Å². The SMILES string of the molecule is [2H]C([2H])(c1cc(-c2[c-]cccc2)nc[c]1[Ge]([CH3])([CH3])[CH3])C(C)C.[Ir].[c-]1cc2c(cc1-c1nc3ccccc3n1-c1ccc(-c3ccccc3)cc1)-c1ccccc1C2(c1ccccc1)c1ccccc1. The summed E-state index contributed by atoms with van der Waals surface area (Å²) in [6, 6.07) is 79.4. The van der Waals surface area contributed by atoms with Gasteiger partial charge in [0.05, 0.1) is 16.9 Å². The van der Waals surface area contributed by atoms with Crippen molar-refractivity contribution in [3.8, 4) is 50.6 Å². The number of imidazole rings is 1. The Balaban J connectivity index is 0.000000218. The predicted octanol–water partition coefficient (Wildman–Crippen LogP) is 14.8. The van der Waals surface area contributed by atoms with Crippen LogP contribution >= 0.6 is 0 Å². The summed E-state index contributed by atoms with van der Waals surface area (Å²) in [5, 5.41) is 0. The van der Waals surface area contributed by atoms with Crippen LogP contribution in [-0.2, 0) is 31.9 Å². The normalized spacial score (nSPS) is 13.1. The van der Waals surface area contributed by atoms with Crippen LogP contribution in [0.1, 0.15) is 44.4 Å². The van der Waals surface area contributed by atoms with E-state index in [0.29, 0.717) is 0 Å². The summed E-state index contributed by atoms with van der Waals surface area (Å²) in [6.45, 7) is 3.88. The first-order chi connectivity index (χ1) is 33.0. The Hall–Kier alpha value is -6.43. The molecule has 1 aliphatic carbocycles. The van der Waals surface area contributed by atoms with Crippen LogP contribution in [0.2, 0.25) is 17.3 Å². The Kier molecular flexibility index (Phi) is 12.5. The van der Waals surface area contributed by atoms with Crippen LogP contribution in [0.15, 0.2) is 212 Å². The van der Waals surface area contributed by atoms with E-state index in [1.54, 1.807) is 0 Å². The fourth-order valence-corrected chi connectivity index (χ4v) is 12.5. The molecule has 0 saturated heterocycles. The van der Waals surface area contributed by atoms with Gasteiger partial charge in [-0.15, -0.1) is 29.3 Å². The molecular formula is C62H53GeIrN3-2. The van der Waals surface area contributed by atoms with Gasteiger partial charge in [0.25, 0.3) is 0 Å². The van der Waals surface area contributed by atoms with Gasteiger partial charge in [-0.1, -0.05) is 145 Å². The molecule has 0 bridgehead atoms. The minimum Gasteiger partial charge on any atom is -0.333 e. The predicted molar refractivity (Wildman–Crippen MR) is 278 cm³/mol. The average molecular weight is 1110 g/mol. The van der Waals surface area contributed by atoms with E-state index in [1.165, 1.54) is 44.5 Å². The van der Waals surface area contributed by atoms with Gasteiger partial charge in [-0.05, 0) is 57.6 Å². The van der Waals surface area contributed by atoms with E-state index in [4.69, 9.17) is 7.73 Å². The molecular weight excluding hydrogens is 1050 g/mol. The van der Waals surface area contributed by atoms with Crippen molar-refractivity contribution in [1.29, 1.82) is 0 Å². The number of nitrogens with zero attached hydrogens (tertiary/aromatic N) is 3. The molecule has 0 spiro atoms. The van der Waals surface area contributed by atoms with E-state index < -0.39 is 25.1 Å². The second-order valence-electron chi connectivity index (χ2n) is 18.3. The quantitative estimate of drug-likeness (QED) is 0.107. The van der Waals surface area contributed by atoms with Gasteiger partial charge in [0.2, 0.25) is 0 Å². The van der Waals surface area contributed by atoms with Gasteiger partial charge in [0.15, 0.2) is 0 Å². The van der Waals surface area contributed by atoms with E-state index in [1.807, 2.05) is 50.4 Å². The number of para-hydroxylation sites is 2. The second kappa shape index (κ2) is 19.4. The Morgan fingerprint density at radius 1 is 0.612 bits per heavy atom. The topological polar surface area (TPSA) is 30.7 Å². The van der Waals surface area contributed by atoms with Crippen molar-refractivity contribution in [2.45, 2.75) is 42.9 Å². The van der Waals surface area contributed by atoms with Crippen molar-refractivity contribution < 1.29 is 22.8 Å². The van der Waals surface area contributed by atoms with Crippen molar-refractivity contribution >= 4 is 28.7 Å². The summed E-state index contributed by atoms with van der Waals surface area (Å²) in [5.74, 6) is 7.65. The molecule has 10 aromatic rings. The molecule has 0 amide bonds. The Morgan fingerprint density at radius 3 is 1.88 bits per heavy atom. The van der Waals surface area contributed by atoms with Crippen molar-refractivity contribution in [3.05, 3.63) is 252 Å². The fourth-order valence-electron chi connectivity index (χ4n) is 9.59.